The summed E-state index contributed by atoms with van der Waals surface area (Å²) in [5.41, 5.74) is 0.454. The molecule has 0 unspecified atom stereocenters. The topological polar surface area (TPSA) is 86.6 Å². The third-order valence-electron chi connectivity index (χ3n) is 2.45. The summed E-state index contributed by atoms with van der Waals surface area (Å²) in [5.74, 6) is -1.99. The number of hydrogen-bond donors (Lipinski definition) is 3. The third kappa shape index (κ3) is 4.52. The summed E-state index contributed by atoms with van der Waals surface area (Å²) < 4.78 is 0. The summed E-state index contributed by atoms with van der Waals surface area (Å²) in [5, 5.41) is 21.0. The highest BCUT2D eigenvalue weighted by Crippen LogP contribution is 2.25. The number of aliphatic carboxylic acids is 1. The summed E-state index contributed by atoms with van der Waals surface area (Å²) in [4.78, 5) is 22.4. The number of carboxylic acids is 1. The van der Waals surface area contributed by atoms with Crippen LogP contribution in [0.3, 0.4) is 0 Å². The summed E-state index contributed by atoms with van der Waals surface area (Å²) in [6.45, 7) is 1.27. The van der Waals surface area contributed by atoms with Gasteiger partial charge in [0.1, 0.15) is 0 Å². The van der Waals surface area contributed by atoms with Gasteiger partial charge in [-0.3, -0.25) is 4.79 Å². The fourth-order valence-electron chi connectivity index (χ4n) is 1.42. The Balaban J connectivity index is 2.80. The Morgan fingerprint density at radius 1 is 1.30 bits per heavy atom. The summed E-state index contributed by atoms with van der Waals surface area (Å²) in [7, 11) is 0. The van der Waals surface area contributed by atoms with Gasteiger partial charge in [0, 0.05) is 21.7 Å². The van der Waals surface area contributed by atoms with Crippen molar-refractivity contribution >= 4 is 41.2 Å². The molecule has 0 radical (unpaired) electrons. The van der Waals surface area contributed by atoms with Crippen LogP contribution in [0.25, 0.3) is 6.08 Å². The lowest BCUT2D eigenvalue weighted by Crippen LogP contribution is -2.47. The highest BCUT2D eigenvalue weighted by atomic mass is 35.5. The molecule has 0 aliphatic carbocycles. The second-order valence-electron chi connectivity index (χ2n) is 4.03. The summed E-state index contributed by atoms with van der Waals surface area (Å²) >= 11 is 11.8. The van der Waals surface area contributed by atoms with Gasteiger partial charge in [-0.05, 0) is 25.1 Å². The van der Waals surface area contributed by atoms with Gasteiger partial charge in [-0.1, -0.05) is 29.3 Å². The largest absolute Gasteiger partial charge is 0.480 e. The fraction of sp³-hybridized carbons (Fsp3) is 0.231. The quantitative estimate of drug-likeness (QED) is 0.724. The Hall–Kier alpha value is -1.56. The standard InChI is InChI=1S/C13H13Cl2NO4/c1-7(17)12(13(19)20)16-11(18)6-5-8-9(14)3-2-4-10(8)15/h2-7,12,17H,1H3,(H,16,18)(H,19,20)/b6-5+/t7-,12+/m1/s1. The lowest BCUT2D eigenvalue weighted by Gasteiger charge is -2.15. The maximum atomic E-state index is 11.6. The van der Waals surface area contributed by atoms with Gasteiger partial charge >= 0.3 is 5.97 Å². The van der Waals surface area contributed by atoms with E-state index in [1.807, 2.05) is 0 Å². The zero-order valence-electron chi connectivity index (χ0n) is 10.5. The zero-order valence-corrected chi connectivity index (χ0v) is 12.0. The Kier molecular flexibility index (Phi) is 6.01. The van der Waals surface area contributed by atoms with E-state index in [1.54, 1.807) is 18.2 Å². The van der Waals surface area contributed by atoms with E-state index in [0.29, 0.717) is 15.6 Å². The first-order chi connectivity index (χ1) is 9.32. The minimum absolute atomic E-state index is 0.367. The lowest BCUT2D eigenvalue weighted by molar-refractivity contribution is -0.144. The molecule has 7 heteroatoms. The van der Waals surface area contributed by atoms with Gasteiger partial charge in [-0.15, -0.1) is 0 Å². The predicted octanol–water partition coefficient (Wildman–Crippen LogP) is 1.96. The molecule has 20 heavy (non-hydrogen) atoms. The first-order valence-corrected chi connectivity index (χ1v) is 6.42. The van der Waals surface area contributed by atoms with Gasteiger partial charge < -0.3 is 15.5 Å². The van der Waals surface area contributed by atoms with E-state index in [0.717, 1.165) is 6.08 Å². The van der Waals surface area contributed by atoms with E-state index in [2.05, 4.69) is 5.32 Å². The SMILES string of the molecule is C[C@@H](O)[C@H](NC(=O)/C=C/c1c(Cl)cccc1Cl)C(=O)O. The van der Waals surface area contributed by atoms with Gasteiger partial charge in [0.05, 0.1) is 6.10 Å². The van der Waals surface area contributed by atoms with E-state index in [9.17, 15) is 14.7 Å². The molecular formula is C13H13Cl2NO4. The monoisotopic (exact) mass is 317 g/mol. The minimum Gasteiger partial charge on any atom is -0.480 e. The van der Waals surface area contributed by atoms with Crippen LogP contribution in [0, 0.1) is 0 Å². The number of carboxylic acid groups (broad SMARTS) is 1. The number of amides is 1. The van der Waals surface area contributed by atoms with Crippen LogP contribution in [-0.4, -0.2) is 34.2 Å². The molecule has 0 saturated carbocycles. The van der Waals surface area contributed by atoms with E-state index in [4.69, 9.17) is 28.3 Å². The highest BCUT2D eigenvalue weighted by Gasteiger charge is 2.23. The molecule has 0 spiro atoms. The maximum Gasteiger partial charge on any atom is 0.328 e. The smallest absolute Gasteiger partial charge is 0.328 e. The number of carbonyl (C=O) groups is 2. The molecule has 108 valence electrons. The van der Waals surface area contributed by atoms with Crippen molar-refractivity contribution < 1.29 is 19.8 Å². The number of aliphatic hydroxyl groups excluding tert-OH is 1. The van der Waals surface area contributed by atoms with E-state index in [1.165, 1.54) is 13.0 Å². The van der Waals surface area contributed by atoms with Crippen LogP contribution in [0.5, 0.6) is 0 Å². The number of halogens is 2. The second-order valence-corrected chi connectivity index (χ2v) is 4.85. The molecule has 0 heterocycles. The first kappa shape index (κ1) is 16.5. The third-order valence-corrected chi connectivity index (χ3v) is 3.11. The van der Waals surface area contributed by atoms with Crippen LogP contribution in [0.1, 0.15) is 12.5 Å². The Bertz CT molecular complexity index is 523. The Morgan fingerprint density at radius 3 is 2.30 bits per heavy atom. The number of aliphatic hydroxyl groups is 1. The lowest BCUT2D eigenvalue weighted by atomic mass is 10.1. The van der Waals surface area contributed by atoms with Crippen molar-refractivity contribution in [2.45, 2.75) is 19.1 Å². The Labute approximate surface area is 125 Å². The molecule has 0 saturated heterocycles. The molecule has 1 aromatic rings. The van der Waals surface area contributed by atoms with Crippen molar-refractivity contribution in [2.24, 2.45) is 0 Å². The summed E-state index contributed by atoms with van der Waals surface area (Å²) in [6, 6.07) is 3.51. The van der Waals surface area contributed by atoms with Crippen LogP contribution < -0.4 is 5.32 Å². The van der Waals surface area contributed by atoms with Crippen molar-refractivity contribution in [3.05, 3.63) is 39.9 Å². The maximum absolute atomic E-state index is 11.6. The van der Waals surface area contributed by atoms with Crippen LogP contribution in [0.15, 0.2) is 24.3 Å². The molecule has 3 N–H and O–H groups in total. The van der Waals surface area contributed by atoms with Crippen LogP contribution in [0.2, 0.25) is 10.0 Å². The predicted molar refractivity (Wildman–Crippen MR) is 76.7 cm³/mol. The molecule has 1 rings (SSSR count). The first-order valence-electron chi connectivity index (χ1n) is 5.66. The molecule has 1 amide bonds. The van der Waals surface area contributed by atoms with Gasteiger partial charge in [0.15, 0.2) is 6.04 Å². The molecule has 0 bridgehead atoms. The number of benzene rings is 1. The van der Waals surface area contributed by atoms with E-state index >= 15 is 0 Å². The van der Waals surface area contributed by atoms with Crippen molar-refractivity contribution in [2.75, 3.05) is 0 Å². The van der Waals surface area contributed by atoms with Crippen LogP contribution in [0.4, 0.5) is 0 Å². The number of rotatable bonds is 5. The number of nitrogens with one attached hydrogen (secondary N) is 1. The molecule has 0 aliphatic rings. The Morgan fingerprint density at radius 2 is 1.85 bits per heavy atom. The van der Waals surface area contributed by atoms with Gasteiger partial charge in [-0.2, -0.15) is 0 Å². The normalized spacial score (nSPS) is 14.0. The van der Waals surface area contributed by atoms with Gasteiger partial charge in [-0.25, -0.2) is 4.79 Å². The van der Waals surface area contributed by atoms with Crippen molar-refractivity contribution in [1.82, 2.24) is 5.32 Å². The molecule has 0 fully saturated rings. The second kappa shape index (κ2) is 7.28. The van der Waals surface area contributed by atoms with Crippen molar-refractivity contribution in [3.8, 4) is 0 Å². The summed E-state index contributed by atoms with van der Waals surface area (Å²) in [6.07, 6.45) is 1.26. The van der Waals surface area contributed by atoms with E-state index < -0.39 is 24.0 Å². The molecule has 5 nitrogen and oxygen atoms in total. The number of carbonyl (C=O) groups excluding carboxylic acids is 1. The average molecular weight is 318 g/mol. The van der Waals surface area contributed by atoms with Crippen LogP contribution >= 0.6 is 23.2 Å². The average Bonchev–Trinajstić information content (AvgIpc) is 2.34. The highest BCUT2D eigenvalue weighted by molar-refractivity contribution is 6.37. The molecule has 0 aliphatic heterocycles. The molecule has 2 atom stereocenters. The van der Waals surface area contributed by atoms with Gasteiger partial charge in [0.25, 0.3) is 0 Å². The van der Waals surface area contributed by atoms with Gasteiger partial charge in [0.2, 0.25) is 5.91 Å². The molecular weight excluding hydrogens is 305 g/mol. The van der Waals surface area contributed by atoms with Crippen molar-refractivity contribution in [3.63, 3.8) is 0 Å². The van der Waals surface area contributed by atoms with Crippen LogP contribution in [-0.2, 0) is 9.59 Å². The molecule has 0 aromatic heterocycles. The number of hydrogen-bond acceptors (Lipinski definition) is 3. The molecule has 1 aromatic carbocycles. The minimum atomic E-state index is -1.38. The van der Waals surface area contributed by atoms with Crippen molar-refractivity contribution in [1.29, 1.82) is 0 Å². The zero-order chi connectivity index (χ0) is 15.3. The van der Waals surface area contributed by atoms with E-state index in [-0.39, 0.29) is 0 Å². The fourth-order valence-corrected chi connectivity index (χ4v) is 1.94.